The van der Waals surface area contributed by atoms with E-state index in [4.69, 9.17) is 0 Å². The van der Waals surface area contributed by atoms with Crippen molar-refractivity contribution >= 4 is 0 Å². The van der Waals surface area contributed by atoms with E-state index in [9.17, 15) is 9.50 Å². The van der Waals surface area contributed by atoms with Crippen LogP contribution in [0.1, 0.15) is 18.4 Å². The van der Waals surface area contributed by atoms with E-state index in [0.717, 1.165) is 19.6 Å². The summed E-state index contributed by atoms with van der Waals surface area (Å²) >= 11 is 0. The SMILES string of the molecule is CN1CCC(CN(C)Cc2cc(F)ccc2O)CC1. The molecule has 1 aromatic rings. The van der Waals surface area contributed by atoms with Crippen LogP contribution in [0.5, 0.6) is 5.75 Å². The minimum absolute atomic E-state index is 0.177. The lowest BCUT2D eigenvalue weighted by molar-refractivity contribution is 0.172. The van der Waals surface area contributed by atoms with E-state index in [-0.39, 0.29) is 11.6 Å². The monoisotopic (exact) mass is 266 g/mol. The summed E-state index contributed by atoms with van der Waals surface area (Å²) in [5.74, 6) is 0.592. The standard InChI is InChI=1S/C15H23FN2O/c1-17-7-5-12(6-8-17)10-18(2)11-13-9-14(16)3-4-15(13)19/h3-4,9,12,19H,5-8,10-11H2,1-2H3. The molecule has 4 heteroatoms. The number of hydrogen-bond donors (Lipinski definition) is 1. The Labute approximate surface area is 114 Å². The van der Waals surface area contributed by atoms with Crippen molar-refractivity contribution in [1.82, 2.24) is 9.80 Å². The third-order valence-corrected chi connectivity index (χ3v) is 3.89. The Hall–Kier alpha value is -1.13. The quantitative estimate of drug-likeness (QED) is 0.906. The highest BCUT2D eigenvalue weighted by Crippen LogP contribution is 2.21. The summed E-state index contributed by atoms with van der Waals surface area (Å²) in [5.41, 5.74) is 0.662. The molecule has 1 aliphatic heterocycles. The van der Waals surface area contributed by atoms with Gasteiger partial charge >= 0.3 is 0 Å². The number of hydrogen-bond acceptors (Lipinski definition) is 3. The predicted octanol–water partition coefficient (Wildman–Crippen LogP) is 2.30. The summed E-state index contributed by atoms with van der Waals surface area (Å²) < 4.78 is 13.2. The molecule has 0 bridgehead atoms. The number of aromatic hydroxyl groups is 1. The number of rotatable bonds is 4. The molecule has 3 nitrogen and oxygen atoms in total. The molecular formula is C15H23FN2O. The highest BCUT2D eigenvalue weighted by atomic mass is 19.1. The molecule has 1 fully saturated rings. The Kier molecular flexibility index (Phi) is 4.77. The highest BCUT2D eigenvalue weighted by Gasteiger charge is 2.18. The van der Waals surface area contributed by atoms with Gasteiger partial charge in [0.15, 0.2) is 0 Å². The van der Waals surface area contributed by atoms with Crippen LogP contribution in [0.15, 0.2) is 18.2 Å². The molecule has 0 amide bonds. The third kappa shape index (κ3) is 4.18. The maximum atomic E-state index is 13.2. The van der Waals surface area contributed by atoms with Gasteiger partial charge in [0.2, 0.25) is 0 Å². The second-order valence-corrected chi connectivity index (χ2v) is 5.72. The van der Waals surface area contributed by atoms with Crippen LogP contribution in [0.3, 0.4) is 0 Å². The molecule has 0 atom stereocenters. The zero-order chi connectivity index (χ0) is 13.8. The van der Waals surface area contributed by atoms with Crippen LogP contribution in [0, 0.1) is 11.7 Å². The van der Waals surface area contributed by atoms with Gasteiger partial charge < -0.3 is 14.9 Å². The van der Waals surface area contributed by atoms with Crippen molar-refractivity contribution in [2.75, 3.05) is 33.7 Å². The molecule has 2 rings (SSSR count). The summed E-state index contributed by atoms with van der Waals surface area (Å²) in [6.07, 6.45) is 2.44. The van der Waals surface area contributed by atoms with Crippen LogP contribution in [-0.4, -0.2) is 48.6 Å². The first-order valence-electron chi connectivity index (χ1n) is 6.89. The van der Waals surface area contributed by atoms with E-state index in [1.807, 2.05) is 7.05 Å². The second kappa shape index (κ2) is 6.35. The molecule has 0 saturated carbocycles. The molecule has 0 aromatic heterocycles. The Morgan fingerprint density at radius 1 is 1.37 bits per heavy atom. The Bertz CT molecular complexity index is 417. The number of phenolic OH excluding ortho intramolecular Hbond substituents is 1. The molecule has 0 aliphatic carbocycles. The molecular weight excluding hydrogens is 243 g/mol. The summed E-state index contributed by atoms with van der Waals surface area (Å²) in [7, 11) is 4.19. The van der Waals surface area contributed by atoms with Gasteiger partial charge in [-0.15, -0.1) is 0 Å². The summed E-state index contributed by atoms with van der Waals surface area (Å²) in [6, 6.07) is 4.13. The average molecular weight is 266 g/mol. The zero-order valence-corrected chi connectivity index (χ0v) is 11.8. The largest absolute Gasteiger partial charge is 0.508 e. The first-order valence-corrected chi connectivity index (χ1v) is 6.89. The van der Waals surface area contributed by atoms with Crippen molar-refractivity contribution in [1.29, 1.82) is 0 Å². The minimum Gasteiger partial charge on any atom is -0.508 e. The van der Waals surface area contributed by atoms with E-state index in [1.54, 1.807) is 0 Å². The van der Waals surface area contributed by atoms with Gasteiger partial charge in [-0.1, -0.05) is 0 Å². The average Bonchev–Trinajstić information content (AvgIpc) is 2.37. The highest BCUT2D eigenvalue weighted by molar-refractivity contribution is 5.32. The molecule has 1 heterocycles. The summed E-state index contributed by atoms with van der Waals surface area (Å²) in [6.45, 7) is 3.91. The zero-order valence-electron chi connectivity index (χ0n) is 11.8. The van der Waals surface area contributed by atoms with Gasteiger partial charge in [0.05, 0.1) is 0 Å². The molecule has 1 aliphatic rings. The van der Waals surface area contributed by atoms with Crippen molar-refractivity contribution in [3.63, 3.8) is 0 Å². The maximum Gasteiger partial charge on any atom is 0.123 e. The predicted molar refractivity (Wildman–Crippen MR) is 74.6 cm³/mol. The fourth-order valence-electron chi connectivity index (χ4n) is 2.72. The van der Waals surface area contributed by atoms with Gasteiger partial charge in [0, 0.05) is 18.7 Å². The van der Waals surface area contributed by atoms with Crippen LogP contribution in [-0.2, 0) is 6.54 Å². The van der Waals surface area contributed by atoms with E-state index < -0.39 is 0 Å². The maximum absolute atomic E-state index is 13.2. The fourth-order valence-corrected chi connectivity index (χ4v) is 2.72. The Morgan fingerprint density at radius 2 is 2.05 bits per heavy atom. The summed E-state index contributed by atoms with van der Waals surface area (Å²) in [4.78, 5) is 4.53. The normalized spacial score (nSPS) is 18.1. The van der Waals surface area contributed by atoms with Crippen molar-refractivity contribution in [2.45, 2.75) is 19.4 Å². The van der Waals surface area contributed by atoms with Crippen LogP contribution in [0.4, 0.5) is 4.39 Å². The number of piperidine rings is 1. The smallest absolute Gasteiger partial charge is 0.123 e. The van der Waals surface area contributed by atoms with Crippen molar-refractivity contribution in [2.24, 2.45) is 5.92 Å². The number of benzene rings is 1. The molecule has 0 unspecified atom stereocenters. The van der Waals surface area contributed by atoms with E-state index in [1.165, 1.54) is 31.0 Å². The van der Waals surface area contributed by atoms with Gasteiger partial charge in [-0.2, -0.15) is 0 Å². The van der Waals surface area contributed by atoms with Gasteiger partial charge in [-0.05, 0) is 64.1 Å². The van der Waals surface area contributed by atoms with Gasteiger partial charge in [0.25, 0.3) is 0 Å². The van der Waals surface area contributed by atoms with Gasteiger partial charge in [0.1, 0.15) is 11.6 Å². The lowest BCUT2D eigenvalue weighted by Gasteiger charge is -2.31. The lowest BCUT2D eigenvalue weighted by Crippen LogP contribution is -2.35. The lowest BCUT2D eigenvalue weighted by atomic mass is 9.96. The molecule has 1 N–H and O–H groups in total. The summed E-state index contributed by atoms with van der Waals surface area (Å²) in [5, 5.41) is 9.72. The number of nitrogens with zero attached hydrogens (tertiary/aromatic N) is 2. The van der Waals surface area contributed by atoms with Gasteiger partial charge in [-0.25, -0.2) is 4.39 Å². The first-order chi connectivity index (χ1) is 9.04. The number of phenols is 1. The fraction of sp³-hybridized carbons (Fsp3) is 0.600. The molecule has 1 aromatic carbocycles. The topological polar surface area (TPSA) is 26.7 Å². The molecule has 106 valence electrons. The molecule has 19 heavy (non-hydrogen) atoms. The van der Waals surface area contributed by atoms with E-state index in [2.05, 4.69) is 16.8 Å². The number of halogens is 1. The van der Waals surface area contributed by atoms with E-state index in [0.29, 0.717) is 18.0 Å². The molecule has 1 saturated heterocycles. The third-order valence-electron chi connectivity index (χ3n) is 3.89. The van der Waals surface area contributed by atoms with Crippen molar-refractivity contribution in [3.05, 3.63) is 29.6 Å². The van der Waals surface area contributed by atoms with Crippen LogP contribution < -0.4 is 0 Å². The Balaban J connectivity index is 1.87. The van der Waals surface area contributed by atoms with Gasteiger partial charge in [-0.3, -0.25) is 0 Å². The van der Waals surface area contributed by atoms with Crippen molar-refractivity contribution in [3.8, 4) is 5.75 Å². The second-order valence-electron chi connectivity index (χ2n) is 5.72. The molecule has 0 spiro atoms. The van der Waals surface area contributed by atoms with Crippen molar-refractivity contribution < 1.29 is 9.50 Å². The van der Waals surface area contributed by atoms with E-state index >= 15 is 0 Å². The first kappa shape index (κ1) is 14.3. The minimum atomic E-state index is -0.291. The van der Waals surface area contributed by atoms with Crippen LogP contribution in [0.2, 0.25) is 0 Å². The Morgan fingerprint density at radius 3 is 2.74 bits per heavy atom. The van der Waals surface area contributed by atoms with Crippen LogP contribution >= 0.6 is 0 Å². The van der Waals surface area contributed by atoms with Crippen LogP contribution in [0.25, 0.3) is 0 Å². The number of likely N-dealkylation sites (tertiary alicyclic amines) is 1. The molecule has 0 radical (unpaired) electrons.